The van der Waals surface area contributed by atoms with Crippen LogP contribution in [0.1, 0.15) is 19.4 Å². The van der Waals surface area contributed by atoms with Gasteiger partial charge in [-0.25, -0.2) is 0 Å². The van der Waals surface area contributed by atoms with Gasteiger partial charge in [-0.05, 0) is 32.0 Å². The second-order valence-corrected chi connectivity index (χ2v) is 3.51. The van der Waals surface area contributed by atoms with Gasteiger partial charge in [-0.1, -0.05) is 12.2 Å². The van der Waals surface area contributed by atoms with E-state index >= 15 is 0 Å². The van der Waals surface area contributed by atoms with Gasteiger partial charge in [0.25, 0.3) is 0 Å². The van der Waals surface area contributed by atoms with Crippen LogP contribution in [0.5, 0.6) is 11.5 Å². The molecule has 0 saturated heterocycles. The van der Waals surface area contributed by atoms with E-state index in [-0.39, 0.29) is 0 Å². The second-order valence-electron chi connectivity index (χ2n) is 3.10. The van der Waals surface area contributed by atoms with Crippen LogP contribution in [0.3, 0.4) is 0 Å². The Balaban J connectivity index is 3.05. The first-order valence-corrected chi connectivity index (χ1v) is 5.75. The van der Waals surface area contributed by atoms with Crippen LogP contribution in [0.15, 0.2) is 18.2 Å². The van der Waals surface area contributed by atoms with E-state index in [9.17, 15) is 0 Å². The zero-order valence-electron chi connectivity index (χ0n) is 9.87. The third-order valence-electron chi connectivity index (χ3n) is 2.03. The fraction of sp³-hybridized carbons (Fsp3) is 0.417. The van der Waals surface area contributed by atoms with Gasteiger partial charge in [0.15, 0.2) is 0 Å². The number of nitrogens with one attached hydrogen (secondary N) is 1. The van der Waals surface area contributed by atoms with Crippen molar-refractivity contribution >= 4 is 17.2 Å². The van der Waals surface area contributed by atoms with E-state index < -0.39 is 0 Å². The molecule has 0 aliphatic rings. The third kappa shape index (κ3) is 3.10. The molecule has 3 nitrogen and oxygen atoms in total. The maximum absolute atomic E-state index is 5.51. The van der Waals surface area contributed by atoms with Crippen LogP contribution in [0.4, 0.5) is 0 Å². The quantitative estimate of drug-likeness (QED) is 0.799. The molecule has 0 amide bonds. The van der Waals surface area contributed by atoms with Crippen molar-refractivity contribution in [3.05, 3.63) is 23.8 Å². The summed E-state index contributed by atoms with van der Waals surface area (Å²) in [6.45, 7) is 5.15. The Hall–Kier alpha value is -1.29. The summed E-state index contributed by atoms with van der Waals surface area (Å²) in [5.41, 5.74) is 0.866. The van der Waals surface area contributed by atoms with Crippen LogP contribution in [0.2, 0.25) is 0 Å². The number of thiocarbonyl (C=S) groups is 1. The molecule has 0 radical (unpaired) electrons. The number of hydrogen-bond donors (Lipinski definition) is 1. The molecule has 0 bridgehead atoms. The largest absolute Gasteiger partial charge is 0.494 e. The van der Waals surface area contributed by atoms with Crippen molar-refractivity contribution in [2.45, 2.75) is 13.8 Å². The Morgan fingerprint density at radius 3 is 2.50 bits per heavy atom. The summed E-state index contributed by atoms with van der Waals surface area (Å²) < 4.78 is 10.9. The van der Waals surface area contributed by atoms with Crippen LogP contribution in [0, 0.1) is 0 Å². The van der Waals surface area contributed by atoms with Crippen LogP contribution in [-0.2, 0) is 0 Å². The fourth-order valence-electron chi connectivity index (χ4n) is 1.36. The van der Waals surface area contributed by atoms with Crippen molar-refractivity contribution in [2.75, 3.05) is 20.3 Å². The van der Waals surface area contributed by atoms with Gasteiger partial charge < -0.3 is 14.8 Å². The number of ether oxygens (including phenoxy) is 2. The highest BCUT2D eigenvalue weighted by Gasteiger charge is 2.09. The average molecular weight is 239 g/mol. The lowest BCUT2D eigenvalue weighted by Gasteiger charge is -2.12. The Labute approximate surface area is 102 Å². The molecule has 0 aliphatic carbocycles. The number of benzene rings is 1. The molecule has 4 heteroatoms. The molecule has 0 unspecified atom stereocenters. The maximum Gasteiger partial charge on any atom is 0.129 e. The summed E-state index contributed by atoms with van der Waals surface area (Å²) in [7, 11) is 1.80. The minimum atomic E-state index is 0.618. The smallest absolute Gasteiger partial charge is 0.129 e. The summed E-state index contributed by atoms with van der Waals surface area (Å²) >= 11 is 5.22. The molecule has 0 heterocycles. The van der Waals surface area contributed by atoms with Crippen LogP contribution < -0.4 is 14.8 Å². The van der Waals surface area contributed by atoms with Gasteiger partial charge in [-0.15, -0.1) is 0 Å². The number of hydrogen-bond acceptors (Lipinski definition) is 3. The van der Waals surface area contributed by atoms with Gasteiger partial charge in [0.05, 0.1) is 18.8 Å². The first-order chi connectivity index (χ1) is 7.72. The van der Waals surface area contributed by atoms with Gasteiger partial charge >= 0.3 is 0 Å². The molecule has 0 aliphatic heterocycles. The predicted octanol–water partition coefficient (Wildman–Crippen LogP) is 2.38. The molecular weight excluding hydrogens is 222 g/mol. The minimum Gasteiger partial charge on any atom is -0.494 e. The lowest BCUT2D eigenvalue weighted by molar-refractivity contribution is 0.330. The van der Waals surface area contributed by atoms with E-state index in [1.54, 1.807) is 7.05 Å². The van der Waals surface area contributed by atoms with E-state index in [1.807, 2.05) is 32.0 Å². The van der Waals surface area contributed by atoms with E-state index in [1.165, 1.54) is 0 Å². The SMILES string of the molecule is CCOc1ccc(OCC)c(C(=S)NC)c1. The molecule has 1 N–H and O–H groups in total. The van der Waals surface area contributed by atoms with Crippen molar-refractivity contribution in [1.29, 1.82) is 0 Å². The van der Waals surface area contributed by atoms with Crippen molar-refractivity contribution in [3.63, 3.8) is 0 Å². The average Bonchev–Trinajstić information content (AvgIpc) is 2.31. The summed E-state index contributed by atoms with van der Waals surface area (Å²) in [6.07, 6.45) is 0. The highest BCUT2D eigenvalue weighted by molar-refractivity contribution is 7.80. The molecule has 0 fully saturated rings. The zero-order valence-corrected chi connectivity index (χ0v) is 10.7. The van der Waals surface area contributed by atoms with E-state index in [4.69, 9.17) is 21.7 Å². The van der Waals surface area contributed by atoms with E-state index in [2.05, 4.69) is 5.32 Å². The molecule has 0 atom stereocenters. The first kappa shape index (κ1) is 12.8. The topological polar surface area (TPSA) is 30.5 Å². The molecule has 0 spiro atoms. The standard InChI is InChI=1S/C12H17NO2S/c1-4-14-9-6-7-11(15-5-2)10(8-9)12(16)13-3/h6-8H,4-5H2,1-3H3,(H,13,16). The monoisotopic (exact) mass is 239 g/mol. The molecule has 1 aromatic carbocycles. The molecule has 0 aromatic heterocycles. The predicted molar refractivity (Wildman–Crippen MR) is 69.5 cm³/mol. The van der Waals surface area contributed by atoms with Gasteiger partial charge in [0.2, 0.25) is 0 Å². The lowest BCUT2D eigenvalue weighted by Crippen LogP contribution is -2.17. The van der Waals surface area contributed by atoms with Crippen molar-refractivity contribution < 1.29 is 9.47 Å². The summed E-state index contributed by atoms with van der Waals surface area (Å²) in [6, 6.07) is 5.66. The molecule has 1 aromatic rings. The lowest BCUT2D eigenvalue weighted by atomic mass is 10.2. The first-order valence-electron chi connectivity index (χ1n) is 5.34. The summed E-state index contributed by atoms with van der Waals surface area (Å²) in [5, 5.41) is 2.95. The minimum absolute atomic E-state index is 0.618. The van der Waals surface area contributed by atoms with Crippen LogP contribution in [-0.4, -0.2) is 25.2 Å². The van der Waals surface area contributed by atoms with Crippen molar-refractivity contribution in [1.82, 2.24) is 5.32 Å². The zero-order chi connectivity index (χ0) is 12.0. The Kier molecular flexibility index (Phi) is 5.05. The van der Waals surface area contributed by atoms with Gasteiger partial charge in [0, 0.05) is 7.05 Å². The highest BCUT2D eigenvalue weighted by atomic mass is 32.1. The summed E-state index contributed by atoms with van der Waals surface area (Å²) in [5.74, 6) is 1.59. The van der Waals surface area contributed by atoms with Gasteiger partial charge in [-0.3, -0.25) is 0 Å². The highest BCUT2D eigenvalue weighted by Crippen LogP contribution is 2.24. The molecular formula is C12H17NO2S. The Morgan fingerprint density at radius 2 is 1.94 bits per heavy atom. The normalized spacial score (nSPS) is 9.69. The van der Waals surface area contributed by atoms with Crippen molar-refractivity contribution in [2.24, 2.45) is 0 Å². The number of rotatable bonds is 5. The van der Waals surface area contributed by atoms with Crippen molar-refractivity contribution in [3.8, 4) is 11.5 Å². The Morgan fingerprint density at radius 1 is 1.25 bits per heavy atom. The van der Waals surface area contributed by atoms with E-state index in [0.717, 1.165) is 17.1 Å². The summed E-state index contributed by atoms with van der Waals surface area (Å²) in [4.78, 5) is 0.657. The maximum atomic E-state index is 5.51. The second kappa shape index (κ2) is 6.33. The molecule has 1 rings (SSSR count). The van der Waals surface area contributed by atoms with E-state index in [0.29, 0.717) is 18.2 Å². The molecule has 16 heavy (non-hydrogen) atoms. The van der Waals surface area contributed by atoms with Gasteiger partial charge in [0.1, 0.15) is 16.5 Å². The van der Waals surface area contributed by atoms with Gasteiger partial charge in [-0.2, -0.15) is 0 Å². The van der Waals surface area contributed by atoms with Crippen LogP contribution in [0.25, 0.3) is 0 Å². The Bertz CT molecular complexity index is 366. The van der Waals surface area contributed by atoms with Crippen LogP contribution >= 0.6 is 12.2 Å². The molecule has 88 valence electrons. The molecule has 0 saturated carbocycles. The third-order valence-corrected chi connectivity index (χ3v) is 2.46. The fourth-order valence-corrected chi connectivity index (χ4v) is 1.52.